The highest BCUT2D eigenvalue weighted by Gasteiger charge is 2.23. The van der Waals surface area contributed by atoms with Crippen molar-refractivity contribution >= 4 is 5.91 Å². The number of carbonyl (C=O) groups excluding carboxylic acids is 1. The molecule has 0 aromatic carbocycles. The number of rotatable bonds is 7. The molecule has 0 radical (unpaired) electrons. The topological polar surface area (TPSA) is 78.3 Å². The molecule has 2 atom stereocenters. The summed E-state index contributed by atoms with van der Waals surface area (Å²) in [5.74, 6) is 2.09. The molecule has 1 saturated heterocycles. The third kappa shape index (κ3) is 4.29. The average molecular weight is 322 g/mol. The Balaban J connectivity index is 1.37. The Morgan fingerprint density at radius 2 is 2.35 bits per heavy atom. The molecule has 1 fully saturated rings. The normalized spacial score (nSPS) is 23.7. The van der Waals surface area contributed by atoms with Crippen molar-refractivity contribution in [1.29, 1.82) is 0 Å². The van der Waals surface area contributed by atoms with E-state index in [1.165, 1.54) is 0 Å². The number of aryl methyl sites for hydroxylation is 2. The fraction of sp³-hybridized carbons (Fsp3) is 0.812. The highest BCUT2D eigenvalue weighted by molar-refractivity contribution is 5.76. The van der Waals surface area contributed by atoms with Gasteiger partial charge in [0.25, 0.3) is 0 Å². The number of aromatic nitrogens is 3. The maximum absolute atomic E-state index is 12.0. The third-order valence-electron chi connectivity index (χ3n) is 4.51. The summed E-state index contributed by atoms with van der Waals surface area (Å²) in [6.45, 7) is 4.73. The fourth-order valence-corrected chi connectivity index (χ4v) is 3.22. The van der Waals surface area contributed by atoms with Gasteiger partial charge in [0.05, 0.1) is 19.3 Å². The number of fused-ring (bicyclic) bond motifs is 1. The number of nitrogens with zero attached hydrogens (tertiary/aromatic N) is 3. The van der Waals surface area contributed by atoms with Crippen molar-refractivity contribution in [2.75, 3.05) is 19.8 Å². The maximum atomic E-state index is 12.0. The molecule has 0 bridgehead atoms. The van der Waals surface area contributed by atoms with Crippen LogP contribution in [0.2, 0.25) is 0 Å². The lowest BCUT2D eigenvalue weighted by Gasteiger charge is -2.25. The lowest BCUT2D eigenvalue weighted by Crippen LogP contribution is -2.41. The van der Waals surface area contributed by atoms with Gasteiger partial charge in [-0.3, -0.25) is 4.79 Å². The Bertz CT molecular complexity index is 512. The monoisotopic (exact) mass is 322 g/mol. The molecule has 1 N–H and O–H groups in total. The first-order chi connectivity index (χ1) is 11.3. The van der Waals surface area contributed by atoms with Crippen LogP contribution >= 0.6 is 0 Å². The van der Waals surface area contributed by atoms with Crippen LogP contribution in [0, 0.1) is 0 Å². The number of amides is 1. The molecular formula is C16H26N4O3. The molecule has 128 valence electrons. The highest BCUT2D eigenvalue weighted by atomic mass is 16.5. The Morgan fingerprint density at radius 1 is 1.43 bits per heavy atom. The van der Waals surface area contributed by atoms with Gasteiger partial charge >= 0.3 is 0 Å². The summed E-state index contributed by atoms with van der Waals surface area (Å²) >= 11 is 0. The molecule has 0 spiro atoms. The van der Waals surface area contributed by atoms with E-state index in [-0.39, 0.29) is 18.1 Å². The van der Waals surface area contributed by atoms with Crippen LogP contribution in [-0.2, 0) is 33.7 Å². The number of ether oxygens (including phenoxy) is 2. The van der Waals surface area contributed by atoms with E-state index in [2.05, 4.69) is 27.0 Å². The molecular weight excluding hydrogens is 296 g/mol. The zero-order valence-electron chi connectivity index (χ0n) is 13.8. The first-order valence-electron chi connectivity index (χ1n) is 8.66. The van der Waals surface area contributed by atoms with Crippen molar-refractivity contribution in [2.24, 2.45) is 0 Å². The Kier molecular flexibility index (Phi) is 5.61. The quantitative estimate of drug-likeness (QED) is 0.753. The van der Waals surface area contributed by atoms with Crippen molar-refractivity contribution in [1.82, 2.24) is 20.1 Å². The van der Waals surface area contributed by atoms with Crippen LogP contribution in [0.3, 0.4) is 0 Å². The molecule has 1 aromatic rings. The van der Waals surface area contributed by atoms with Crippen molar-refractivity contribution < 1.29 is 14.3 Å². The maximum Gasteiger partial charge on any atom is 0.222 e. The third-order valence-corrected chi connectivity index (χ3v) is 4.51. The van der Waals surface area contributed by atoms with Crippen LogP contribution in [-0.4, -0.2) is 52.6 Å². The molecule has 0 saturated carbocycles. The van der Waals surface area contributed by atoms with Crippen molar-refractivity contribution in [3.8, 4) is 0 Å². The van der Waals surface area contributed by atoms with E-state index >= 15 is 0 Å². The van der Waals surface area contributed by atoms with E-state index in [9.17, 15) is 4.79 Å². The SMILES string of the molecule is CCc1nnc2n1C[C@@H](NC(=O)CCOC[C@@H]1CCCO1)CC2. The van der Waals surface area contributed by atoms with Gasteiger partial charge in [0.2, 0.25) is 5.91 Å². The zero-order valence-corrected chi connectivity index (χ0v) is 13.8. The van der Waals surface area contributed by atoms with Gasteiger partial charge in [0.15, 0.2) is 0 Å². The minimum absolute atomic E-state index is 0.0527. The molecule has 2 aliphatic heterocycles. The second-order valence-electron chi connectivity index (χ2n) is 6.26. The molecule has 1 amide bonds. The molecule has 3 heterocycles. The van der Waals surface area contributed by atoms with Gasteiger partial charge in [-0.25, -0.2) is 0 Å². The summed E-state index contributed by atoms with van der Waals surface area (Å²) in [6.07, 6.45) is 5.45. The molecule has 1 aromatic heterocycles. The van der Waals surface area contributed by atoms with Gasteiger partial charge in [-0.2, -0.15) is 0 Å². The number of nitrogens with one attached hydrogen (secondary N) is 1. The minimum atomic E-state index is 0.0527. The smallest absolute Gasteiger partial charge is 0.222 e. The summed E-state index contributed by atoms with van der Waals surface area (Å²) in [5, 5.41) is 11.5. The lowest BCUT2D eigenvalue weighted by atomic mass is 10.1. The predicted octanol–water partition coefficient (Wildman–Crippen LogP) is 0.857. The van der Waals surface area contributed by atoms with Gasteiger partial charge in [-0.15, -0.1) is 10.2 Å². The standard InChI is InChI=1S/C16H26N4O3/c1-2-14-18-19-15-6-5-12(10-20(14)15)17-16(21)7-9-22-11-13-4-3-8-23-13/h12-13H,2-11H2,1H3,(H,17,21)/t12-,13-/m0/s1. The lowest BCUT2D eigenvalue weighted by molar-refractivity contribution is -0.123. The molecule has 0 aliphatic carbocycles. The van der Waals surface area contributed by atoms with Crippen LogP contribution in [0.1, 0.15) is 44.3 Å². The molecule has 3 rings (SSSR count). The Labute approximate surface area is 136 Å². The van der Waals surface area contributed by atoms with Crippen molar-refractivity contribution in [3.63, 3.8) is 0 Å². The summed E-state index contributed by atoms with van der Waals surface area (Å²) in [6, 6.07) is 0.162. The largest absolute Gasteiger partial charge is 0.378 e. The van der Waals surface area contributed by atoms with Crippen molar-refractivity contribution in [3.05, 3.63) is 11.6 Å². The van der Waals surface area contributed by atoms with E-state index in [0.717, 1.165) is 56.9 Å². The van der Waals surface area contributed by atoms with Crippen LogP contribution in [0.5, 0.6) is 0 Å². The van der Waals surface area contributed by atoms with Crippen LogP contribution in [0.15, 0.2) is 0 Å². The second kappa shape index (κ2) is 7.88. The first kappa shape index (κ1) is 16.4. The zero-order chi connectivity index (χ0) is 16.1. The van der Waals surface area contributed by atoms with Gasteiger partial charge < -0.3 is 19.4 Å². The summed E-state index contributed by atoms with van der Waals surface area (Å²) in [5.41, 5.74) is 0. The van der Waals surface area contributed by atoms with Gasteiger partial charge in [0.1, 0.15) is 11.6 Å². The van der Waals surface area contributed by atoms with E-state index in [1.807, 2.05) is 0 Å². The molecule has 7 heteroatoms. The number of carbonyl (C=O) groups is 1. The highest BCUT2D eigenvalue weighted by Crippen LogP contribution is 2.15. The van der Waals surface area contributed by atoms with Gasteiger partial charge in [-0.1, -0.05) is 6.92 Å². The predicted molar refractivity (Wildman–Crippen MR) is 84.1 cm³/mol. The Hall–Kier alpha value is -1.47. The van der Waals surface area contributed by atoms with E-state index < -0.39 is 0 Å². The summed E-state index contributed by atoms with van der Waals surface area (Å²) < 4.78 is 13.2. The molecule has 23 heavy (non-hydrogen) atoms. The van der Waals surface area contributed by atoms with Crippen LogP contribution in [0.4, 0.5) is 0 Å². The summed E-state index contributed by atoms with van der Waals surface area (Å²) in [7, 11) is 0. The molecule has 2 aliphatic rings. The van der Waals surface area contributed by atoms with E-state index in [1.54, 1.807) is 0 Å². The van der Waals surface area contributed by atoms with Gasteiger partial charge in [0, 0.05) is 38.5 Å². The first-order valence-corrected chi connectivity index (χ1v) is 8.66. The number of hydrogen-bond donors (Lipinski definition) is 1. The second-order valence-corrected chi connectivity index (χ2v) is 6.26. The van der Waals surface area contributed by atoms with Gasteiger partial charge in [-0.05, 0) is 19.3 Å². The van der Waals surface area contributed by atoms with Crippen molar-refractivity contribution in [2.45, 2.75) is 64.1 Å². The molecule has 7 nitrogen and oxygen atoms in total. The number of hydrogen-bond acceptors (Lipinski definition) is 5. The Morgan fingerprint density at radius 3 is 3.13 bits per heavy atom. The summed E-state index contributed by atoms with van der Waals surface area (Å²) in [4.78, 5) is 12.0. The average Bonchev–Trinajstić information content (AvgIpc) is 3.20. The van der Waals surface area contributed by atoms with Crippen LogP contribution in [0.25, 0.3) is 0 Å². The minimum Gasteiger partial charge on any atom is -0.378 e. The van der Waals surface area contributed by atoms with E-state index in [4.69, 9.17) is 9.47 Å². The fourth-order valence-electron chi connectivity index (χ4n) is 3.22. The van der Waals surface area contributed by atoms with E-state index in [0.29, 0.717) is 19.6 Å². The van der Waals surface area contributed by atoms with Crippen LogP contribution < -0.4 is 5.32 Å². The molecule has 0 unspecified atom stereocenters.